The molecular formula is C25H28N6O2. The van der Waals surface area contributed by atoms with Crippen molar-refractivity contribution in [2.75, 3.05) is 0 Å². The maximum atomic E-state index is 13.1. The third-order valence-electron chi connectivity index (χ3n) is 5.93. The molecule has 0 amide bonds. The lowest BCUT2D eigenvalue weighted by atomic mass is 9.89. The summed E-state index contributed by atoms with van der Waals surface area (Å²) in [5.41, 5.74) is 2.76. The lowest BCUT2D eigenvalue weighted by Crippen LogP contribution is -2.28. The minimum atomic E-state index is -0.463. The van der Waals surface area contributed by atoms with Gasteiger partial charge in [-0.15, -0.1) is 0 Å². The van der Waals surface area contributed by atoms with Crippen LogP contribution in [0.5, 0.6) is 0 Å². The van der Waals surface area contributed by atoms with E-state index >= 15 is 0 Å². The fourth-order valence-electron chi connectivity index (χ4n) is 4.05. The van der Waals surface area contributed by atoms with Crippen molar-refractivity contribution >= 4 is 17.6 Å². The number of hydrogen-bond acceptors (Lipinski definition) is 6. The molecule has 0 fully saturated rings. The van der Waals surface area contributed by atoms with Crippen LogP contribution >= 0.6 is 0 Å². The summed E-state index contributed by atoms with van der Waals surface area (Å²) in [7, 11) is 0. The highest BCUT2D eigenvalue weighted by Crippen LogP contribution is 2.42. The Bertz CT molecular complexity index is 1310. The van der Waals surface area contributed by atoms with Gasteiger partial charge in [0.15, 0.2) is 17.4 Å². The second-order valence-electron chi connectivity index (χ2n) is 10.5. The Labute approximate surface area is 193 Å². The third kappa shape index (κ3) is 3.59. The second kappa shape index (κ2) is 7.23. The first kappa shape index (κ1) is 21.3. The topological polar surface area (TPSA) is 87.7 Å². The monoisotopic (exact) mass is 444 g/mol. The van der Waals surface area contributed by atoms with Gasteiger partial charge in [-0.25, -0.2) is 14.6 Å². The Balaban J connectivity index is 1.74. The maximum Gasteiger partial charge on any atom is 0.172 e. The number of allylic oxidation sites excluding steroid dienone is 1. The van der Waals surface area contributed by atoms with Crippen molar-refractivity contribution < 1.29 is 9.53 Å². The first-order valence-corrected chi connectivity index (χ1v) is 11.1. The van der Waals surface area contributed by atoms with Gasteiger partial charge in [-0.1, -0.05) is 41.5 Å². The van der Waals surface area contributed by atoms with Crippen LogP contribution in [0.3, 0.4) is 0 Å². The molecule has 0 saturated heterocycles. The molecule has 2 aliphatic rings. The zero-order valence-electron chi connectivity index (χ0n) is 19.9. The molecule has 170 valence electrons. The van der Waals surface area contributed by atoms with E-state index in [1.54, 1.807) is 23.3 Å². The molecule has 0 aliphatic carbocycles. The molecule has 8 nitrogen and oxygen atoms in total. The van der Waals surface area contributed by atoms with E-state index in [2.05, 4.69) is 30.7 Å². The SMILES string of the molecule is CC(C)(C)C(=O)Cn1c(C(C)(C)C)cnc1-c1nn(-c2cnccn2)c2c1C=C1CC=C2O1. The van der Waals surface area contributed by atoms with Crippen LogP contribution < -0.4 is 0 Å². The lowest BCUT2D eigenvalue weighted by Gasteiger charge is -2.24. The van der Waals surface area contributed by atoms with Crippen molar-refractivity contribution in [3.63, 3.8) is 0 Å². The molecule has 3 aromatic heterocycles. The van der Waals surface area contributed by atoms with E-state index in [-0.39, 0.29) is 17.7 Å². The van der Waals surface area contributed by atoms with Crippen molar-refractivity contribution in [1.29, 1.82) is 0 Å². The van der Waals surface area contributed by atoms with Crippen LogP contribution in [0.15, 0.2) is 36.6 Å². The zero-order valence-corrected chi connectivity index (χ0v) is 19.9. The van der Waals surface area contributed by atoms with Gasteiger partial charge >= 0.3 is 0 Å². The van der Waals surface area contributed by atoms with Gasteiger partial charge in [0, 0.05) is 47.1 Å². The van der Waals surface area contributed by atoms with E-state index in [0.29, 0.717) is 17.3 Å². The number of ketones is 1. The predicted octanol–water partition coefficient (Wildman–Crippen LogP) is 4.55. The summed E-state index contributed by atoms with van der Waals surface area (Å²) in [6, 6.07) is 0. The number of imidazole rings is 1. The number of nitrogens with zero attached hydrogens (tertiary/aromatic N) is 6. The Morgan fingerprint density at radius 2 is 1.88 bits per heavy atom. The number of ether oxygens (including phenoxy) is 1. The van der Waals surface area contributed by atoms with Crippen LogP contribution in [0, 0.1) is 5.41 Å². The highest BCUT2D eigenvalue weighted by Gasteiger charge is 2.34. The molecule has 0 aromatic carbocycles. The predicted molar refractivity (Wildman–Crippen MR) is 125 cm³/mol. The Kier molecular flexibility index (Phi) is 4.67. The van der Waals surface area contributed by atoms with Gasteiger partial charge in [-0.2, -0.15) is 5.10 Å². The minimum Gasteiger partial charge on any atom is -0.459 e. The van der Waals surface area contributed by atoms with Gasteiger partial charge < -0.3 is 9.30 Å². The van der Waals surface area contributed by atoms with Gasteiger partial charge in [-0.3, -0.25) is 9.78 Å². The standard InChI is InChI=1S/C25H28N6O2/c1-24(2,3)18-12-28-23(30(18)14-19(32)25(4,5)6)21-16-11-15-7-8-17(33-15)22(16)31(29-21)20-13-26-9-10-27-20/h8-13H,7,14H2,1-6H3. The molecule has 33 heavy (non-hydrogen) atoms. The fraction of sp³-hybridized carbons (Fsp3) is 0.400. The quantitative estimate of drug-likeness (QED) is 0.586. The van der Waals surface area contributed by atoms with Crippen molar-refractivity contribution in [2.45, 2.75) is 59.9 Å². The van der Waals surface area contributed by atoms with Crippen molar-refractivity contribution in [3.05, 3.63) is 53.6 Å². The Morgan fingerprint density at radius 1 is 1.09 bits per heavy atom. The molecule has 0 radical (unpaired) electrons. The molecule has 0 unspecified atom stereocenters. The molecule has 8 heteroatoms. The fourth-order valence-corrected chi connectivity index (χ4v) is 4.05. The molecule has 0 spiro atoms. The van der Waals surface area contributed by atoms with Crippen LogP contribution in [0.2, 0.25) is 0 Å². The minimum absolute atomic E-state index is 0.138. The number of rotatable bonds is 4. The summed E-state index contributed by atoms with van der Waals surface area (Å²) in [6.45, 7) is 12.4. The number of fused-ring (bicyclic) bond motifs is 4. The molecule has 5 heterocycles. The number of carbonyl (C=O) groups excluding carboxylic acids is 1. The van der Waals surface area contributed by atoms with Crippen LogP contribution in [-0.4, -0.2) is 35.1 Å². The van der Waals surface area contributed by atoms with Crippen LogP contribution in [-0.2, 0) is 21.5 Å². The number of carbonyl (C=O) groups is 1. The summed E-state index contributed by atoms with van der Waals surface area (Å²) in [5, 5.41) is 4.93. The first-order valence-electron chi connectivity index (χ1n) is 11.1. The number of Topliss-reactive ketones (excluding diaryl/α,β-unsaturated/α-hetero) is 1. The highest BCUT2D eigenvalue weighted by atomic mass is 16.5. The lowest BCUT2D eigenvalue weighted by molar-refractivity contribution is -0.126. The molecule has 5 rings (SSSR count). The summed E-state index contributed by atoms with van der Waals surface area (Å²) in [5.74, 6) is 3.02. The van der Waals surface area contributed by atoms with E-state index in [1.807, 2.05) is 43.7 Å². The van der Waals surface area contributed by atoms with E-state index in [4.69, 9.17) is 14.8 Å². The van der Waals surface area contributed by atoms with E-state index in [0.717, 1.165) is 34.9 Å². The summed E-state index contributed by atoms with van der Waals surface area (Å²) >= 11 is 0. The van der Waals surface area contributed by atoms with Crippen molar-refractivity contribution in [2.24, 2.45) is 5.41 Å². The summed E-state index contributed by atoms with van der Waals surface area (Å²) in [4.78, 5) is 26.5. The van der Waals surface area contributed by atoms with Gasteiger partial charge in [-0.05, 0) is 12.2 Å². The Hall–Kier alpha value is -3.55. The number of aromatic nitrogens is 6. The first-order chi connectivity index (χ1) is 15.5. The molecule has 2 aliphatic heterocycles. The largest absolute Gasteiger partial charge is 0.459 e. The van der Waals surface area contributed by atoms with Gasteiger partial charge in [0.25, 0.3) is 0 Å². The molecule has 2 bridgehead atoms. The van der Waals surface area contributed by atoms with Gasteiger partial charge in [0.05, 0.1) is 12.7 Å². The second-order valence-corrected chi connectivity index (χ2v) is 10.5. The van der Waals surface area contributed by atoms with Crippen LogP contribution in [0.4, 0.5) is 0 Å². The van der Waals surface area contributed by atoms with E-state index < -0.39 is 5.41 Å². The summed E-state index contributed by atoms with van der Waals surface area (Å²) in [6.07, 6.45) is 11.6. The van der Waals surface area contributed by atoms with Crippen LogP contribution in [0.1, 0.15) is 64.9 Å². The number of hydrogen-bond donors (Lipinski definition) is 0. The van der Waals surface area contributed by atoms with E-state index in [1.165, 1.54) is 0 Å². The van der Waals surface area contributed by atoms with Gasteiger partial charge in [0.1, 0.15) is 22.9 Å². The van der Waals surface area contributed by atoms with Crippen LogP contribution in [0.25, 0.3) is 29.2 Å². The average Bonchev–Trinajstić information content (AvgIpc) is 3.43. The average molecular weight is 445 g/mol. The van der Waals surface area contributed by atoms with Gasteiger partial charge in [0.2, 0.25) is 0 Å². The highest BCUT2D eigenvalue weighted by molar-refractivity contribution is 5.86. The molecule has 0 N–H and O–H groups in total. The smallest absolute Gasteiger partial charge is 0.172 e. The Morgan fingerprint density at radius 3 is 2.55 bits per heavy atom. The normalized spacial score (nSPS) is 15.1. The molecule has 0 saturated carbocycles. The molecule has 0 atom stereocenters. The molecular weight excluding hydrogens is 416 g/mol. The molecule has 3 aromatic rings. The maximum absolute atomic E-state index is 13.1. The third-order valence-corrected chi connectivity index (χ3v) is 5.93. The zero-order chi connectivity index (χ0) is 23.5. The van der Waals surface area contributed by atoms with Crippen molar-refractivity contribution in [1.82, 2.24) is 29.3 Å². The summed E-state index contributed by atoms with van der Waals surface area (Å²) < 4.78 is 9.73. The van der Waals surface area contributed by atoms with E-state index in [9.17, 15) is 4.79 Å². The van der Waals surface area contributed by atoms with Crippen molar-refractivity contribution in [3.8, 4) is 17.3 Å².